The van der Waals surface area contributed by atoms with Crippen molar-refractivity contribution in [1.29, 1.82) is 0 Å². The second-order valence-corrected chi connectivity index (χ2v) is 19.6. The number of aromatic nitrogens is 1. The van der Waals surface area contributed by atoms with Crippen molar-refractivity contribution in [2.75, 3.05) is 23.4 Å². The monoisotopic (exact) mass is 973 g/mol. The van der Waals surface area contributed by atoms with Gasteiger partial charge in [-0.3, -0.25) is 19.3 Å². The number of aliphatic hydroxyl groups excluding tert-OH is 1. The van der Waals surface area contributed by atoms with E-state index in [0.29, 0.717) is 33.5 Å². The molecule has 7 unspecified atom stereocenters. The molecule has 2 saturated heterocycles. The van der Waals surface area contributed by atoms with Gasteiger partial charge in [0.15, 0.2) is 5.13 Å². The highest BCUT2D eigenvalue weighted by Crippen LogP contribution is 2.67. The fourth-order valence-corrected chi connectivity index (χ4v) is 12.1. The molecule has 72 heavy (non-hydrogen) atoms. The van der Waals surface area contributed by atoms with Gasteiger partial charge in [-0.15, -0.1) is 0 Å². The maximum Gasteiger partial charge on any atom is 0.329 e. The van der Waals surface area contributed by atoms with Gasteiger partial charge in [0.2, 0.25) is 11.8 Å². The Morgan fingerprint density at radius 1 is 0.847 bits per heavy atom. The summed E-state index contributed by atoms with van der Waals surface area (Å²) in [6.45, 7) is 1.44. The lowest BCUT2D eigenvalue weighted by Gasteiger charge is -2.46. The number of carbonyl (C=O) groups is 4. The van der Waals surface area contributed by atoms with Crippen molar-refractivity contribution in [1.82, 2.24) is 15.2 Å². The van der Waals surface area contributed by atoms with Crippen LogP contribution < -0.4 is 20.3 Å². The van der Waals surface area contributed by atoms with E-state index in [9.17, 15) is 5.11 Å². The summed E-state index contributed by atoms with van der Waals surface area (Å²) in [7, 11) is 0. The van der Waals surface area contributed by atoms with Crippen molar-refractivity contribution in [2.24, 2.45) is 5.92 Å². The molecule has 12 nitrogen and oxygen atoms in total. The highest BCUT2D eigenvalue weighted by Gasteiger charge is 2.76. The average molecular weight is 974 g/mol. The number of aliphatic hydroxyl groups is 1. The molecule has 1 aromatic heterocycles. The number of amides is 4. The molecule has 1 aliphatic carbocycles. The molecule has 360 valence electrons. The number of cyclic esters (lactones) is 1. The summed E-state index contributed by atoms with van der Waals surface area (Å²) in [6, 6.07) is 43.8. The summed E-state index contributed by atoms with van der Waals surface area (Å²) >= 11 is 1.27. The Kier molecular flexibility index (Phi) is 12.7. The maximum absolute atomic E-state index is 16.9. The number of nitrogens with zero attached hydrogens (tertiary/aromatic N) is 3. The van der Waals surface area contributed by atoms with Gasteiger partial charge in [0.05, 0.1) is 46.6 Å². The fraction of sp³-hybridized carbons (Fsp3) is 0.237. The van der Waals surface area contributed by atoms with E-state index in [2.05, 4.69) is 28.6 Å². The summed E-state index contributed by atoms with van der Waals surface area (Å²) in [5, 5.41) is 16.6. The second kappa shape index (κ2) is 19.7. The lowest BCUT2D eigenvalue weighted by molar-refractivity contribution is -0.177. The number of carbonyl (C=O) groups excluding carboxylic acids is 4. The number of esters is 1. The zero-order valence-electron chi connectivity index (χ0n) is 39.4. The Morgan fingerprint density at radius 3 is 2.29 bits per heavy atom. The third kappa shape index (κ3) is 8.21. The summed E-state index contributed by atoms with van der Waals surface area (Å²) in [6.07, 6.45) is 5.12. The molecule has 7 atom stereocenters. The molecule has 6 aromatic carbocycles. The van der Waals surface area contributed by atoms with Gasteiger partial charge in [-0.25, -0.2) is 14.7 Å². The predicted molar refractivity (Wildman–Crippen MR) is 276 cm³/mol. The zero-order chi connectivity index (χ0) is 49.3. The van der Waals surface area contributed by atoms with E-state index < -0.39 is 65.4 Å². The first kappa shape index (κ1) is 46.5. The molecule has 2 fully saturated rings. The molecule has 0 saturated carbocycles. The van der Waals surface area contributed by atoms with E-state index in [4.69, 9.17) is 14.5 Å². The summed E-state index contributed by atoms with van der Waals surface area (Å²) < 4.78 is 13.9. The highest BCUT2D eigenvalue weighted by molar-refractivity contribution is 7.22. The molecule has 13 heteroatoms. The van der Waals surface area contributed by atoms with Gasteiger partial charge in [-0.1, -0.05) is 151 Å². The molecule has 1 spiro atoms. The van der Waals surface area contributed by atoms with Crippen LogP contribution in [-0.2, 0) is 24.5 Å². The normalized spacial score (nSPS) is 22.8. The number of morpholine rings is 1. The fourth-order valence-electron chi connectivity index (χ4n) is 11.2. The Balaban J connectivity index is 1.21. The lowest BCUT2D eigenvalue weighted by Crippen LogP contribution is -2.55. The molecule has 3 N–H and O–H groups in total. The van der Waals surface area contributed by atoms with Gasteiger partial charge >= 0.3 is 12.0 Å². The van der Waals surface area contributed by atoms with Gasteiger partial charge in [-0.05, 0) is 96.8 Å². The highest BCUT2D eigenvalue weighted by atomic mass is 32.1. The van der Waals surface area contributed by atoms with Gasteiger partial charge in [0, 0.05) is 11.1 Å². The summed E-state index contributed by atoms with van der Waals surface area (Å²) in [4.78, 5) is 71.8. The van der Waals surface area contributed by atoms with Gasteiger partial charge in [0.1, 0.15) is 29.9 Å². The Morgan fingerprint density at radius 2 is 1.56 bits per heavy atom. The third-order valence-electron chi connectivity index (χ3n) is 14.3. The van der Waals surface area contributed by atoms with Crippen LogP contribution in [0, 0.1) is 17.8 Å². The molecule has 0 radical (unpaired) electrons. The van der Waals surface area contributed by atoms with Gasteiger partial charge in [0.25, 0.3) is 0 Å². The van der Waals surface area contributed by atoms with Crippen LogP contribution in [0.25, 0.3) is 10.2 Å². The molecule has 3 aliphatic heterocycles. The zero-order valence-corrected chi connectivity index (χ0v) is 40.3. The largest absolute Gasteiger partial charge is 0.491 e. The van der Waals surface area contributed by atoms with E-state index in [1.165, 1.54) is 11.3 Å². The summed E-state index contributed by atoms with van der Waals surface area (Å²) in [5.74, 6) is 3.37. The molecule has 0 bridgehead atoms. The molecule has 11 rings (SSSR count). The van der Waals surface area contributed by atoms with Crippen LogP contribution in [0.2, 0.25) is 0 Å². The topological polar surface area (TPSA) is 150 Å². The van der Waals surface area contributed by atoms with Gasteiger partial charge < -0.3 is 25.2 Å². The number of benzene rings is 6. The lowest BCUT2D eigenvalue weighted by atomic mass is 9.65. The van der Waals surface area contributed by atoms with Crippen LogP contribution in [-0.4, -0.2) is 58.1 Å². The number of imide groups is 1. The molecule has 4 amide bonds. The Hall–Kier alpha value is -7.89. The Labute approximate surface area is 421 Å². The first-order valence-corrected chi connectivity index (χ1v) is 25.2. The predicted octanol–water partition coefficient (Wildman–Crippen LogP) is 10.3. The maximum atomic E-state index is 16.9. The SMILES string of the molecule is CC(NC(=O)N1C(=O)C2(c3cc(C#CC4=CCCCC4)ccc31)C(C(=O)Nc1nc3ccccc3s1)C1C(=O)OC(c3ccccc3)C(c3ccccc3)N1C2c1ccccc1OCCO)c1ccccc1. The number of allylic oxidation sites excluding steroid dienone is 2. The number of urea groups is 1. The molecular weight excluding hydrogens is 923 g/mol. The van der Waals surface area contributed by atoms with Crippen LogP contribution >= 0.6 is 11.3 Å². The summed E-state index contributed by atoms with van der Waals surface area (Å²) in [5.41, 5.74) is 3.44. The van der Waals surface area contributed by atoms with E-state index in [0.717, 1.165) is 52.0 Å². The standard InChI is InChI=1S/C59H51N5O7S/c1-37(40-20-8-3-9-21-40)60-58(69)63-46-33-32-39(31-30-38-18-6-2-7-19-38)36-44(46)59(56(63)68)49(54(66)62-57-61-45-27-15-17-29-48(45)72-57)51-55(67)71-52(42-24-12-5-13-25-42)50(41-22-10-4-11-23-41)64(51)53(59)43-26-14-16-28-47(43)70-35-34-65/h3-5,8-18,20-29,32-33,36-37,49-53,65H,2,6-7,19,34-35H2,1H3,(H,60,69)(H,61,62,66). The number of hydrogen-bond donors (Lipinski definition) is 3. The van der Waals surface area contributed by atoms with Crippen LogP contribution in [0.3, 0.4) is 0 Å². The van der Waals surface area contributed by atoms with E-state index in [1.54, 1.807) is 24.3 Å². The van der Waals surface area contributed by atoms with E-state index in [-0.39, 0.29) is 24.0 Å². The van der Waals surface area contributed by atoms with E-state index in [1.807, 2.05) is 145 Å². The van der Waals surface area contributed by atoms with Crippen molar-refractivity contribution in [2.45, 2.75) is 68.3 Å². The molecule has 4 aliphatic rings. The third-order valence-corrected chi connectivity index (χ3v) is 15.3. The number of thiazole rings is 1. The average Bonchev–Trinajstić information content (AvgIpc) is 4.06. The number of ether oxygens (including phenoxy) is 2. The van der Waals surface area contributed by atoms with Crippen molar-refractivity contribution in [3.8, 4) is 17.6 Å². The van der Waals surface area contributed by atoms with Gasteiger partial charge in [-0.2, -0.15) is 0 Å². The number of para-hydroxylation sites is 2. The van der Waals surface area contributed by atoms with Crippen molar-refractivity contribution >= 4 is 56.2 Å². The van der Waals surface area contributed by atoms with Crippen LogP contribution in [0.1, 0.15) is 90.2 Å². The number of anilines is 2. The number of hydrogen-bond acceptors (Lipinski definition) is 10. The Bertz CT molecular complexity index is 3270. The molecule has 4 heterocycles. The molecular formula is C59H51N5O7S. The smallest absolute Gasteiger partial charge is 0.329 e. The number of nitrogens with one attached hydrogen (secondary N) is 2. The van der Waals surface area contributed by atoms with Crippen molar-refractivity contribution in [3.05, 3.63) is 203 Å². The number of rotatable bonds is 10. The van der Waals surface area contributed by atoms with Crippen LogP contribution in [0.4, 0.5) is 15.6 Å². The number of fused-ring (bicyclic) bond motifs is 4. The van der Waals surface area contributed by atoms with Crippen molar-refractivity contribution in [3.63, 3.8) is 0 Å². The minimum Gasteiger partial charge on any atom is -0.491 e. The quantitative estimate of drug-likeness (QED) is 0.0899. The van der Waals surface area contributed by atoms with Crippen LogP contribution in [0.5, 0.6) is 5.75 Å². The molecule has 7 aromatic rings. The van der Waals surface area contributed by atoms with Crippen molar-refractivity contribution < 1.29 is 33.8 Å². The first-order chi connectivity index (χ1) is 35.3. The second-order valence-electron chi connectivity index (χ2n) is 18.5. The first-order valence-electron chi connectivity index (χ1n) is 24.4. The van der Waals surface area contributed by atoms with E-state index >= 15 is 19.2 Å². The minimum absolute atomic E-state index is 0.0928. The van der Waals surface area contributed by atoms with Crippen LogP contribution in [0.15, 0.2) is 169 Å². The minimum atomic E-state index is -2.08.